The smallest absolute Gasteiger partial charge is 0.306 e. The van der Waals surface area contributed by atoms with Gasteiger partial charge in [-0.3, -0.25) is 9.59 Å². The van der Waals surface area contributed by atoms with E-state index in [-0.39, 0.29) is 41.3 Å². The second-order valence-electron chi connectivity index (χ2n) is 19.2. The fourth-order valence-corrected chi connectivity index (χ4v) is 14.7. The number of carboxylic acids is 1. The van der Waals surface area contributed by atoms with E-state index >= 15 is 4.79 Å². The zero-order chi connectivity index (χ0) is 36.2. The van der Waals surface area contributed by atoms with Crippen molar-refractivity contribution in [3.8, 4) is 11.3 Å². The Hall–Kier alpha value is -2.74. The van der Waals surface area contributed by atoms with Crippen LogP contribution in [-0.4, -0.2) is 50.6 Å². The molecule has 7 nitrogen and oxygen atoms in total. The van der Waals surface area contributed by atoms with Crippen molar-refractivity contribution in [3.05, 3.63) is 42.1 Å². The molecule has 14 atom stereocenters. The van der Waals surface area contributed by atoms with Gasteiger partial charge in [-0.15, -0.1) is 0 Å². The molecular weight excluding hydrogens is 653 g/mol. The van der Waals surface area contributed by atoms with Crippen molar-refractivity contribution in [3.63, 3.8) is 0 Å². The SMILES string of the molecule is CC1C(OC2CCC3(C)C(CCC4(C)C5CCC6(C(=O)N7CCCC7c7ncc(-c8cccc(F)c8)[nH]7)CCCC6C5CCC34)C2C)CC1C(=O)O. The van der Waals surface area contributed by atoms with E-state index in [1.807, 2.05) is 6.07 Å². The van der Waals surface area contributed by atoms with Gasteiger partial charge in [0.05, 0.1) is 41.5 Å². The molecule has 8 heteroatoms. The number of amides is 1. The van der Waals surface area contributed by atoms with E-state index in [2.05, 4.69) is 37.6 Å². The topological polar surface area (TPSA) is 95.5 Å². The lowest BCUT2D eigenvalue weighted by atomic mass is 9.37. The largest absolute Gasteiger partial charge is 0.481 e. The minimum Gasteiger partial charge on any atom is -0.481 e. The number of benzene rings is 1. The van der Waals surface area contributed by atoms with Crippen LogP contribution in [0.15, 0.2) is 30.5 Å². The van der Waals surface area contributed by atoms with E-state index in [1.165, 1.54) is 57.1 Å². The normalized spacial score (nSPS) is 45.3. The average molecular weight is 714 g/mol. The third-order valence-corrected chi connectivity index (χ3v) is 17.4. The highest BCUT2D eigenvalue weighted by molar-refractivity contribution is 5.84. The fraction of sp³-hybridized carbons (Fsp3) is 0.750. The lowest BCUT2D eigenvalue weighted by molar-refractivity contribution is -0.217. The molecule has 14 unspecified atom stereocenters. The minimum atomic E-state index is -0.674. The molecule has 1 amide bonds. The summed E-state index contributed by atoms with van der Waals surface area (Å²) in [7, 11) is 0. The predicted octanol–water partition coefficient (Wildman–Crippen LogP) is 9.45. The molecule has 0 spiro atoms. The Kier molecular flexibility index (Phi) is 8.52. The molecular formula is C44H60FN3O4. The second-order valence-corrected chi connectivity index (χ2v) is 19.2. The third kappa shape index (κ3) is 5.14. The van der Waals surface area contributed by atoms with Gasteiger partial charge in [-0.05, 0) is 148 Å². The van der Waals surface area contributed by atoms with Crippen molar-refractivity contribution < 1.29 is 23.8 Å². The summed E-state index contributed by atoms with van der Waals surface area (Å²) < 4.78 is 20.7. The van der Waals surface area contributed by atoms with Crippen LogP contribution in [0, 0.1) is 69.4 Å². The molecule has 0 radical (unpaired) electrons. The first-order chi connectivity index (χ1) is 24.9. The number of rotatable bonds is 6. The van der Waals surface area contributed by atoms with Gasteiger partial charge in [-0.1, -0.05) is 46.2 Å². The van der Waals surface area contributed by atoms with Crippen molar-refractivity contribution >= 4 is 11.9 Å². The van der Waals surface area contributed by atoms with E-state index in [0.29, 0.717) is 58.7 Å². The molecule has 6 saturated carbocycles. The van der Waals surface area contributed by atoms with Gasteiger partial charge in [0.25, 0.3) is 0 Å². The van der Waals surface area contributed by atoms with Crippen molar-refractivity contribution in [1.82, 2.24) is 14.9 Å². The van der Waals surface area contributed by atoms with Gasteiger partial charge < -0.3 is 19.7 Å². The summed E-state index contributed by atoms with van der Waals surface area (Å²) in [5.41, 5.74) is 1.96. The lowest BCUT2D eigenvalue weighted by Gasteiger charge is -2.68. The van der Waals surface area contributed by atoms with E-state index in [0.717, 1.165) is 62.2 Å². The quantitative estimate of drug-likeness (QED) is 0.311. The molecule has 1 aliphatic heterocycles. The van der Waals surface area contributed by atoms with Crippen LogP contribution < -0.4 is 0 Å². The minimum absolute atomic E-state index is 0.0427. The monoisotopic (exact) mass is 713 g/mol. The Balaban J connectivity index is 0.908. The highest BCUT2D eigenvalue weighted by Crippen LogP contribution is 2.72. The molecule has 1 saturated heterocycles. The number of aromatic amines is 1. The third-order valence-electron chi connectivity index (χ3n) is 17.4. The Morgan fingerprint density at radius 1 is 0.904 bits per heavy atom. The van der Waals surface area contributed by atoms with Gasteiger partial charge in [0.2, 0.25) is 5.91 Å². The number of imidazole rings is 1. The molecule has 1 aromatic heterocycles. The van der Waals surface area contributed by atoms with Crippen LogP contribution in [0.2, 0.25) is 0 Å². The second kappa shape index (κ2) is 12.7. The molecule has 0 bridgehead atoms. The number of aromatic nitrogens is 2. The number of halogens is 1. The number of carbonyl (C=O) groups excluding carboxylic acids is 1. The fourth-order valence-electron chi connectivity index (χ4n) is 14.7. The van der Waals surface area contributed by atoms with Crippen LogP contribution in [0.4, 0.5) is 4.39 Å². The maximum Gasteiger partial charge on any atom is 0.306 e. The van der Waals surface area contributed by atoms with Crippen LogP contribution in [0.3, 0.4) is 0 Å². The summed E-state index contributed by atoms with van der Waals surface area (Å²) >= 11 is 0. The lowest BCUT2D eigenvalue weighted by Crippen LogP contribution is -2.62. The van der Waals surface area contributed by atoms with Crippen LogP contribution in [0.1, 0.15) is 129 Å². The molecule has 2 aromatic rings. The molecule has 282 valence electrons. The maximum absolute atomic E-state index is 15.0. The number of fused-ring (bicyclic) bond motifs is 7. The van der Waals surface area contributed by atoms with Crippen molar-refractivity contribution in [2.45, 2.75) is 136 Å². The predicted molar refractivity (Wildman–Crippen MR) is 197 cm³/mol. The molecule has 2 N–H and O–H groups in total. The zero-order valence-corrected chi connectivity index (χ0v) is 31.8. The van der Waals surface area contributed by atoms with Gasteiger partial charge in [0, 0.05) is 12.1 Å². The molecule has 52 heavy (non-hydrogen) atoms. The molecule has 1 aromatic carbocycles. The first kappa shape index (κ1) is 35.0. The molecule has 9 rings (SSSR count). The highest BCUT2D eigenvalue weighted by atomic mass is 19.1. The van der Waals surface area contributed by atoms with E-state index < -0.39 is 5.97 Å². The summed E-state index contributed by atoms with van der Waals surface area (Å²) in [4.78, 5) is 37.1. The summed E-state index contributed by atoms with van der Waals surface area (Å²) in [6.45, 7) is 10.6. The standard InChI is InChI=1S/C44H60FN3O4/c1-25-30(40(49)50)23-37(25)52-36-16-19-42(3)31(26(36)2)14-18-43(4)32-15-20-44(17-6-10-33(44)29(32)12-13-38(42)43)41(51)48-21-7-11-35(48)39-46-24-34(47-39)27-8-5-9-28(45)22-27/h5,8-9,22,24-26,29-33,35-38H,6-7,10-21,23H2,1-4H3,(H,46,47)(H,49,50). The number of hydrogen-bond acceptors (Lipinski definition) is 4. The average Bonchev–Trinajstić information content (AvgIpc) is 3.90. The van der Waals surface area contributed by atoms with Crippen LogP contribution in [0.5, 0.6) is 0 Å². The van der Waals surface area contributed by atoms with E-state index in [4.69, 9.17) is 9.72 Å². The summed E-state index contributed by atoms with van der Waals surface area (Å²) in [5.74, 6) is 3.80. The molecule has 2 heterocycles. The first-order valence-electron chi connectivity index (χ1n) is 20.9. The van der Waals surface area contributed by atoms with Crippen LogP contribution in [-0.2, 0) is 14.3 Å². The molecule has 6 aliphatic carbocycles. The Morgan fingerprint density at radius 3 is 2.48 bits per heavy atom. The summed E-state index contributed by atoms with van der Waals surface area (Å²) in [6.07, 6.45) is 17.7. The van der Waals surface area contributed by atoms with Gasteiger partial charge >= 0.3 is 5.97 Å². The number of H-pyrrole nitrogens is 1. The molecule has 7 fully saturated rings. The van der Waals surface area contributed by atoms with Gasteiger partial charge in [-0.25, -0.2) is 9.37 Å². The maximum atomic E-state index is 15.0. The highest BCUT2D eigenvalue weighted by Gasteiger charge is 2.66. The number of aliphatic carboxylic acids is 1. The van der Waals surface area contributed by atoms with E-state index in [1.54, 1.807) is 12.3 Å². The Labute approximate surface area is 309 Å². The number of carboxylic acid groups (broad SMARTS) is 1. The van der Waals surface area contributed by atoms with Crippen LogP contribution in [0.25, 0.3) is 11.3 Å². The number of hydrogen-bond donors (Lipinski definition) is 2. The van der Waals surface area contributed by atoms with Gasteiger partial charge in [-0.2, -0.15) is 0 Å². The first-order valence-corrected chi connectivity index (χ1v) is 20.9. The summed E-state index contributed by atoms with van der Waals surface area (Å²) in [6, 6.07) is 6.58. The van der Waals surface area contributed by atoms with Crippen molar-refractivity contribution in [2.24, 2.45) is 63.6 Å². The number of nitrogens with one attached hydrogen (secondary N) is 1. The van der Waals surface area contributed by atoms with Crippen LogP contribution >= 0.6 is 0 Å². The number of likely N-dealkylation sites (tertiary alicyclic amines) is 1. The van der Waals surface area contributed by atoms with Crippen molar-refractivity contribution in [1.29, 1.82) is 0 Å². The number of carbonyl (C=O) groups is 2. The number of nitrogens with zero attached hydrogens (tertiary/aromatic N) is 2. The van der Waals surface area contributed by atoms with Crippen molar-refractivity contribution in [2.75, 3.05) is 6.54 Å². The Morgan fingerprint density at radius 2 is 1.69 bits per heavy atom. The molecule has 7 aliphatic rings. The van der Waals surface area contributed by atoms with E-state index in [9.17, 15) is 14.3 Å². The zero-order valence-electron chi connectivity index (χ0n) is 31.8. The summed E-state index contributed by atoms with van der Waals surface area (Å²) in [5, 5.41) is 9.53. The van der Waals surface area contributed by atoms with Gasteiger partial charge in [0.15, 0.2) is 0 Å². The van der Waals surface area contributed by atoms with Gasteiger partial charge in [0.1, 0.15) is 11.6 Å². The Bertz CT molecular complexity index is 1710. The number of ether oxygens (including phenoxy) is 1.